The van der Waals surface area contributed by atoms with Crippen molar-refractivity contribution in [2.75, 3.05) is 6.61 Å². The molecule has 0 aliphatic rings. The zero-order valence-corrected chi connectivity index (χ0v) is 10.3. The van der Waals surface area contributed by atoms with Gasteiger partial charge in [0.05, 0.1) is 6.61 Å². The monoisotopic (exact) mass is 244 g/mol. The summed E-state index contributed by atoms with van der Waals surface area (Å²) in [5, 5.41) is 11.6. The third kappa shape index (κ3) is 2.45. The molecule has 0 fully saturated rings. The van der Waals surface area contributed by atoms with E-state index in [9.17, 15) is 9.90 Å². The molecule has 3 heteroatoms. The Bertz CT molecular complexity index is 561. The Morgan fingerprint density at radius 1 is 1.22 bits per heavy atom. The molecular formula is C15H16O3. The van der Waals surface area contributed by atoms with Crippen molar-refractivity contribution in [2.24, 2.45) is 0 Å². The van der Waals surface area contributed by atoms with Crippen molar-refractivity contribution < 1.29 is 14.6 Å². The number of carbonyl (C=O) groups is 1. The minimum atomic E-state index is -0.466. The second-order valence-electron chi connectivity index (χ2n) is 4.17. The molecule has 94 valence electrons. The number of benzene rings is 2. The zero-order valence-electron chi connectivity index (χ0n) is 10.3. The van der Waals surface area contributed by atoms with E-state index in [2.05, 4.69) is 0 Å². The summed E-state index contributed by atoms with van der Waals surface area (Å²) in [4.78, 5) is 11.8. The number of hydrogen-bond donors (Lipinski definition) is 1. The predicted molar refractivity (Wildman–Crippen MR) is 70.8 cm³/mol. The molecule has 0 amide bonds. The first-order valence-corrected chi connectivity index (χ1v) is 6.12. The van der Waals surface area contributed by atoms with Crippen LogP contribution in [-0.4, -0.2) is 17.7 Å². The smallest absolute Gasteiger partial charge is 0.341 e. The molecule has 3 nitrogen and oxygen atoms in total. The van der Waals surface area contributed by atoms with Crippen molar-refractivity contribution in [3.8, 4) is 5.75 Å². The average molecular weight is 244 g/mol. The van der Waals surface area contributed by atoms with Gasteiger partial charge < -0.3 is 9.84 Å². The molecule has 0 aliphatic heterocycles. The van der Waals surface area contributed by atoms with Crippen LogP contribution in [0.3, 0.4) is 0 Å². The number of ether oxygens (including phenoxy) is 1. The average Bonchev–Trinajstić information content (AvgIpc) is 2.39. The number of carbonyl (C=O) groups excluding carboxylic acids is 1. The topological polar surface area (TPSA) is 46.5 Å². The molecule has 0 atom stereocenters. The van der Waals surface area contributed by atoms with Crippen LogP contribution in [0.2, 0.25) is 0 Å². The van der Waals surface area contributed by atoms with Crippen LogP contribution in [0, 0.1) is 0 Å². The van der Waals surface area contributed by atoms with E-state index < -0.39 is 5.97 Å². The summed E-state index contributed by atoms with van der Waals surface area (Å²) >= 11 is 0. The summed E-state index contributed by atoms with van der Waals surface area (Å²) in [5.41, 5.74) is 0.227. The number of phenols is 1. The third-order valence-corrected chi connectivity index (χ3v) is 2.85. The van der Waals surface area contributed by atoms with Gasteiger partial charge in [-0.25, -0.2) is 4.79 Å². The number of unbranched alkanes of at least 4 members (excludes halogenated alkanes) is 1. The summed E-state index contributed by atoms with van der Waals surface area (Å²) in [6.45, 7) is 2.42. The number of esters is 1. The highest BCUT2D eigenvalue weighted by Gasteiger charge is 2.14. The lowest BCUT2D eigenvalue weighted by atomic mass is 10.1. The summed E-state index contributed by atoms with van der Waals surface area (Å²) in [6, 6.07) is 10.8. The van der Waals surface area contributed by atoms with Crippen LogP contribution < -0.4 is 0 Å². The van der Waals surface area contributed by atoms with E-state index in [1.165, 1.54) is 0 Å². The van der Waals surface area contributed by atoms with Crippen LogP contribution in [0.15, 0.2) is 36.4 Å². The van der Waals surface area contributed by atoms with E-state index in [0.717, 1.165) is 18.2 Å². The number of hydrogen-bond acceptors (Lipinski definition) is 3. The van der Waals surface area contributed by atoms with Gasteiger partial charge in [-0.1, -0.05) is 43.7 Å². The first-order valence-electron chi connectivity index (χ1n) is 6.12. The van der Waals surface area contributed by atoms with Gasteiger partial charge in [-0.3, -0.25) is 0 Å². The van der Waals surface area contributed by atoms with E-state index in [4.69, 9.17) is 4.74 Å². The minimum absolute atomic E-state index is 0.00500. The molecule has 2 aromatic rings. The Hall–Kier alpha value is -2.03. The Morgan fingerprint density at radius 3 is 2.78 bits per heavy atom. The van der Waals surface area contributed by atoms with Crippen molar-refractivity contribution in [1.82, 2.24) is 0 Å². The molecule has 0 bridgehead atoms. The summed E-state index contributed by atoms with van der Waals surface area (Å²) in [5.74, 6) is -0.471. The van der Waals surface area contributed by atoms with Gasteiger partial charge in [0, 0.05) is 5.39 Å². The maximum atomic E-state index is 11.8. The summed E-state index contributed by atoms with van der Waals surface area (Å²) < 4.78 is 5.10. The molecular weight excluding hydrogens is 228 g/mol. The van der Waals surface area contributed by atoms with Crippen molar-refractivity contribution in [1.29, 1.82) is 0 Å². The molecule has 2 rings (SSSR count). The van der Waals surface area contributed by atoms with Crippen molar-refractivity contribution in [3.63, 3.8) is 0 Å². The van der Waals surface area contributed by atoms with Gasteiger partial charge in [-0.15, -0.1) is 0 Å². The fourth-order valence-corrected chi connectivity index (χ4v) is 1.81. The third-order valence-electron chi connectivity index (χ3n) is 2.85. The normalized spacial score (nSPS) is 10.5. The quantitative estimate of drug-likeness (QED) is 0.661. The minimum Gasteiger partial charge on any atom is -0.506 e. The van der Waals surface area contributed by atoms with E-state index in [1.807, 2.05) is 31.2 Å². The fraction of sp³-hybridized carbons (Fsp3) is 0.267. The highest BCUT2D eigenvalue weighted by atomic mass is 16.5. The van der Waals surface area contributed by atoms with Crippen LogP contribution in [0.4, 0.5) is 0 Å². The van der Waals surface area contributed by atoms with Crippen LogP contribution >= 0.6 is 0 Å². The van der Waals surface area contributed by atoms with Gasteiger partial charge >= 0.3 is 5.97 Å². The lowest BCUT2D eigenvalue weighted by Gasteiger charge is -2.08. The van der Waals surface area contributed by atoms with Gasteiger partial charge in [0.1, 0.15) is 11.3 Å². The lowest BCUT2D eigenvalue weighted by molar-refractivity contribution is 0.0497. The van der Waals surface area contributed by atoms with Crippen LogP contribution in [-0.2, 0) is 4.74 Å². The summed E-state index contributed by atoms with van der Waals surface area (Å²) in [6.07, 6.45) is 1.80. The number of phenolic OH excluding ortho intramolecular Hbond substituents is 1. The van der Waals surface area contributed by atoms with E-state index in [1.54, 1.807) is 12.1 Å². The first-order chi connectivity index (χ1) is 8.74. The molecule has 1 N–H and O–H groups in total. The van der Waals surface area contributed by atoms with Crippen LogP contribution in [0.5, 0.6) is 5.75 Å². The molecule has 0 saturated heterocycles. The largest absolute Gasteiger partial charge is 0.506 e. The maximum Gasteiger partial charge on any atom is 0.341 e. The number of aromatic hydroxyl groups is 1. The second-order valence-corrected chi connectivity index (χ2v) is 4.17. The SMILES string of the molecule is CCCCOC(=O)c1ccc2ccccc2c1O. The molecule has 0 unspecified atom stereocenters. The molecule has 18 heavy (non-hydrogen) atoms. The Morgan fingerprint density at radius 2 is 2.00 bits per heavy atom. The Labute approximate surface area is 106 Å². The Kier molecular flexibility index (Phi) is 3.82. The standard InChI is InChI=1S/C15H16O3/c1-2-3-10-18-15(17)13-9-8-11-6-4-5-7-12(11)14(13)16/h4-9,16H,2-3,10H2,1H3. The van der Waals surface area contributed by atoms with E-state index in [-0.39, 0.29) is 11.3 Å². The van der Waals surface area contributed by atoms with Crippen LogP contribution in [0.25, 0.3) is 10.8 Å². The highest BCUT2D eigenvalue weighted by molar-refractivity contribution is 6.01. The first kappa shape index (κ1) is 12.4. The predicted octanol–water partition coefficient (Wildman–Crippen LogP) is 3.50. The molecule has 0 aliphatic carbocycles. The Balaban J connectivity index is 2.28. The maximum absolute atomic E-state index is 11.8. The number of fused-ring (bicyclic) bond motifs is 1. The van der Waals surface area contributed by atoms with Gasteiger partial charge in [0.15, 0.2) is 0 Å². The highest BCUT2D eigenvalue weighted by Crippen LogP contribution is 2.28. The van der Waals surface area contributed by atoms with Crippen molar-refractivity contribution in [2.45, 2.75) is 19.8 Å². The van der Waals surface area contributed by atoms with Crippen molar-refractivity contribution in [3.05, 3.63) is 42.0 Å². The molecule has 2 aromatic carbocycles. The van der Waals surface area contributed by atoms with E-state index >= 15 is 0 Å². The van der Waals surface area contributed by atoms with Gasteiger partial charge in [-0.05, 0) is 17.9 Å². The summed E-state index contributed by atoms with van der Waals surface area (Å²) in [7, 11) is 0. The lowest BCUT2D eigenvalue weighted by Crippen LogP contribution is -2.06. The number of rotatable bonds is 4. The van der Waals surface area contributed by atoms with Gasteiger partial charge in [-0.2, -0.15) is 0 Å². The molecule has 0 saturated carbocycles. The van der Waals surface area contributed by atoms with Crippen LogP contribution in [0.1, 0.15) is 30.1 Å². The van der Waals surface area contributed by atoms with Gasteiger partial charge in [0.25, 0.3) is 0 Å². The van der Waals surface area contributed by atoms with Gasteiger partial charge in [0.2, 0.25) is 0 Å². The molecule has 0 heterocycles. The second kappa shape index (κ2) is 5.54. The molecule has 0 aromatic heterocycles. The molecule has 0 spiro atoms. The fourth-order valence-electron chi connectivity index (χ4n) is 1.81. The van der Waals surface area contributed by atoms with Crippen molar-refractivity contribution >= 4 is 16.7 Å². The molecule has 0 radical (unpaired) electrons. The van der Waals surface area contributed by atoms with E-state index in [0.29, 0.717) is 12.0 Å². The zero-order chi connectivity index (χ0) is 13.0.